The number of fused-ring (bicyclic) bond motifs is 3. The van der Waals surface area contributed by atoms with Crippen LogP contribution >= 0.6 is 0 Å². The molecule has 0 atom stereocenters. The minimum Gasteiger partial charge on any atom is -0.478 e. The lowest BCUT2D eigenvalue weighted by atomic mass is 10.1. The molecule has 0 saturated heterocycles. The zero-order valence-corrected chi connectivity index (χ0v) is 8.92. The molecular formula is C14H9NO2. The molecule has 1 heterocycles. The molecule has 1 N–H and O–H groups in total. The smallest absolute Gasteiger partial charge is 0.336 e. The van der Waals surface area contributed by atoms with Crippen molar-refractivity contribution in [2.45, 2.75) is 0 Å². The SMILES string of the molecule is O=C(O)c1ccc2cccc3cccnc3c1-2. The molecule has 0 aromatic carbocycles. The highest BCUT2D eigenvalue weighted by Gasteiger charge is 2.17. The van der Waals surface area contributed by atoms with E-state index in [1.165, 1.54) is 0 Å². The minimum atomic E-state index is -0.918. The van der Waals surface area contributed by atoms with Crippen LogP contribution in [0.4, 0.5) is 0 Å². The van der Waals surface area contributed by atoms with Gasteiger partial charge in [-0.3, -0.25) is 4.98 Å². The maximum absolute atomic E-state index is 11.2. The Labute approximate surface area is 97.7 Å². The van der Waals surface area contributed by atoms with Gasteiger partial charge in [0, 0.05) is 17.1 Å². The summed E-state index contributed by atoms with van der Waals surface area (Å²) in [5.41, 5.74) is 2.64. The van der Waals surface area contributed by atoms with Gasteiger partial charge in [-0.2, -0.15) is 0 Å². The minimum absolute atomic E-state index is 0.305. The summed E-state index contributed by atoms with van der Waals surface area (Å²) in [5.74, 6) is -0.918. The Morgan fingerprint density at radius 1 is 1.06 bits per heavy atom. The summed E-state index contributed by atoms with van der Waals surface area (Å²) < 4.78 is 0. The van der Waals surface area contributed by atoms with E-state index in [0.29, 0.717) is 11.1 Å². The first-order valence-electron chi connectivity index (χ1n) is 5.27. The highest BCUT2D eigenvalue weighted by molar-refractivity contribution is 6.06. The van der Waals surface area contributed by atoms with E-state index in [-0.39, 0.29) is 0 Å². The Balaban J connectivity index is 2.52. The zero-order valence-electron chi connectivity index (χ0n) is 8.92. The molecule has 1 aromatic heterocycles. The van der Waals surface area contributed by atoms with Crippen LogP contribution in [0.5, 0.6) is 0 Å². The highest BCUT2D eigenvalue weighted by atomic mass is 16.4. The van der Waals surface area contributed by atoms with Crippen molar-refractivity contribution in [3.8, 4) is 11.1 Å². The third kappa shape index (κ3) is 1.44. The van der Waals surface area contributed by atoms with Crippen LogP contribution < -0.4 is 0 Å². The number of rotatable bonds is 1. The van der Waals surface area contributed by atoms with Crippen molar-refractivity contribution < 1.29 is 9.90 Å². The molecule has 2 aliphatic carbocycles. The van der Waals surface area contributed by atoms with E-state index < -0.39 is 5.97 Å². The average Bonchev–Trinajstić information content (AvgIpc) is 2.66. The molecule has 2 aliphatic rings. The van der Waals surface area contributed by atoms with Gasteiger partial charge in [-0.1, -0.05) is 30.3 Å². The van der Waals surface area contributed by atoms with E-state index in [1.54, 1.807) is 12.3 Å². The first-order valence-corrected chi connectivity index (χ1v) is 5.27. The van der Waals surface area contributed by atoms with E-state index in [2.05, 4.69) is 4.98 Å². The van der Waals surface area contributed by atoms with Gasteiger partial charge in [0.05, 0.1) is 11.1 Å². The molecule has 82 valence electrons. The predicted octanol–water partition coefficient (Wildman–Crippen LogP) is 3.04. The van der Waals surface area contributed by atoms with Crippen molar-refractivity contribution in [2.24, 2.45) is 0 Å². The van der Waals surface area contributed by atoms with Gasteiger partial charge in [-0.05, 0) is 17.7 Å². The van der Waals surface area contributed by atoms with Gasteiger partial charge < -0.3 is 5.11 Å². The van der Waals surface area contributed by atoms with Crippen LogP contribution in [0.3, 0.4) is 0 Å². The van der Waals surface area contributed by atoms with Crippen molar-refractivity contribution in [2.75, 3.05) is 0 Å². The third-order valence-corrected chi connectivity index (χ3v) is 2.85. The van der Waals surface area contributed by atoms with Gasteiger partial charge in [0.2, 0.25) is 0 Å². The standard InChI is InChI=1S/C14H9NO2/c16-14(17)11-7-6-9-3-1-4-10-5-2-8-15-13(10)12(9)11/h1-8H,(H,16,17). The summed E-state index contributed by atoms with van der Waals surface area (Å²) in [5, 5.41) is 10.1. The number of aromatic nitrogens is 1. The Morgan fingerprint density at radius 3 is 2.71 bits per heavy atom. The van der Waals surface area contributed by atoms with E-state index in [0.717, 1.165) is 16.5 Å². The van der Waals surface area contributed by atoms with E-state index in [1.807, 2.05) is 36.4 Å². The van der Waals surface area contributed by atoms with Gasteiger partial charge in [0.25, 0.3) is 0 Å². The van der Waals surface area contributed by atoms with Crippen LogP contribution in [0, 0.1) is 0 Å². The third-order valence-electron chi connectivity index (χ3n) is 2.85. The first kappa shape index (κ1) is 9.78. The Hall–Kier alpha value is -2.42. The van der Waals surface area contributed by atoms with Crippen molar-refractivity contribution in [1.29, 1.82) is 0 Å². The van der Waals surface area contributed by atoms with Gasteiger partial charge in [0.1, 0.15) is 0 Å². The molecule has 0 amide bonds. The first-order chi connectivity index (χ1) is 8.27. The van der Waals surface area contributed by atoms with Crippen molar-refractivity contribution in [3.05, 3.63) is 54.2 Å². The molecule has 3 heteroatoms. The monoisotopic (exact) mass is 223 g/mol. The second-order valence-electron chi connectivity index (χ2n) is 3.85. The molecular weight excluding hydrogens is 214 g/mol. The molecule has 0 saturated carbocycles. The average molecular weight is 223 g/mol. The number of hydrogen-bond donors (Lipinski definition) is 1. The molecule has 3 rings (SSSR count). The van der Waals surface area contributed by atoms with Gasteiger partial charge in [0.15, 0.2) is 0 Å². The lowest BCUT2D eigenvalue weighted by molar-refractivity contribution is 0.0698. The van der Waals surface area contributed by atoms with Crippen LogP contribution in [0.2, 0.25) is 0 Å². The molecule has 0 aliphatic heterocycles. The summed E-state index contributed by atoms with van der Waals surface area (Å²) in [7, 11) is 0. The van der Waals surface area contributed by atoms with Crippen LogP contribution in [0.1, 0.15) is 10.4 Å². The van der Waals surface area contributed by atoms with Crippen LogP contribution in [0.15, 0.2) is 48.7 Å². The van der Waals surface area contributed by atoms with E-state index in [4.69, 9.17) is 0 Å². The quantitative estimate of drug-likeness (QED) is 0.689. The van der Waals surface area contributed by atoms with Crippen LogP contribution in [0.25, 0.3) is 22.0 Å². The summed E-state index contributed by atoms with van der Waals surface area (Å²) >= 11 is 0. The van der Waals surface area contributed by atoms with Crippen molar-refractivity contribution >= 4 is 16.9 Å². The maximum atomic E-state index is 11.2. The molecule has 0 spiro atoms. The fourth-order valence-corrected chi connectivity index (χ4v) is 2.09. The Kier molecular flexibility index (Phi) is 2.05. The van der Waals surface area contributed by atoms with Gasteiger partial charge >= 0.3 is 5.97 Å². The number of hydrogen-bond acceptors (Lipinski definition) is 2. The number of pyridine rings is 1. The fraction of sp³-hybridized carbons (Fsp3) is 0. The lowest BCUT2D eigenvalue weighted by Crippen LogP contribution is -1.95. The predicted molar refractivity (Wildman–Crippen MR) is 65.3 cm³/mol. The van der Waals surface area contributed by atoms with E-state index >= 15 is 0 Å². The van der Waals surface area contributed by atoms with Crippen LogP contribution in [-0.2, 0) is 0 Å². The summed E-state index contributed by atoms with van der Waals surface area (Å²) in [6.07, 6.45) is 1.68. The normalized spacial score (nSPS) is 10.8. The molecule has 3 nitrogen and oxygen atoms in total. The summed E-state index contributed by atoms with van der Waals surface area (Å²) in [6.45, 7) is 0. The second-order valence-corrected chi connectivity index (χ2v) is 3.85. The maximum Gasteiger partial charge on any atom is 0.336 e. The van der Waals surface area contributed by atoms with E-state index in [9.17, 15) is 9.90 Å². The number of aromatic carboxylic acids is 1. The van der Waals surface area contributed by atoms with Crippen molar-refractivity contribution in [1.82, 2.24) is 4.98 Å². The topological polar surface area (TPSA) is 50.2 Å². The molecule has 0 radical (unpaired) electrons. The molecule has 0 bridgehead atoms. The number of nitrogens with zero attached hydrogens (tertiary/aromatic N) is 1. The zero-order chi connectivity index (χ0) is 11.8. The molecule has 1 aromatic rings. The highest BCUT2D eigenvalue weighted by Crippen LogP contribution is 2.32. The fourth-order valence-electron chi connectivity index (χ4n) is 2.09. The molecule has 0 fully saturated rings. The lowest BCUT2D eigenvalue weighted by Gasteiger charge is -2.00. The number of carboxylic acid groups (broad SMARTS) is 1. The summed E-state index contributed by atoms with van der Waals surface area (Å²) in [4.78, 5) is 15.5. The van der Waals surface area contributed by atoms with Gasteiger partial charge in [-0.25, -0.2) is 4.79 Å². The second kappa shape index (κ2) is 3.56. The van der Waals surface area contributed by atoms with Crippen molar-refractivity contribution in [3.63, 3.8) is 0 Å². The van der Waals surface area contributed by atoms with Gasteiger partial charge in [-0.15, -0.1) is 0 Å². The molecule has 0 unspecified atom stereocenters. The molecule has 17 heavy (non-hydrogen) atoms. The largest absolute Gasteiger partial charge is 0.478 e. The number of carboxylic acids is 1. The Bertz CT molecular complexity index is 691. The Morgan fingerprint density at radius 2 is 1.88 bits per heavy atom. The number of carbonyl (C=O) groups is 1. The summed E-state index contributed by atoms with van der Waals surface area (Å²) in [6, 6.07) is 13.0. The van der Waals surface area contributed by atoms with Crippen LogP contribution in [-0.4, -0.2) is 16.1 Å².